The Balaban J connectivity index is 2.30. The van der Waals surface area contributed by atoms with Crippen LogP contribution in [-0.2, 0) is 16.6 Å². The highest BCUT2D eigenvalue weighted by Gasteiger charge is 2.24. The predicted molar refractivity (Wildman–Crippen MR) is 75.9 cm³/mol. The average molecular weight is 294 g/mol. The Morgan fingerprint density at radius 1 is 1.15 bits per heavy atom. The molecule has 0 aromatic heterocycles. The number of nitrogens with two attached hydrogens (primary N) is 1. The van der Waals surface area contributed by atoms with E-state index < -0.39 is 15.8 Å². The molecule has 0 unspecified atom stereocenters. The minimum absolute atomic E-state index is 0.174. The molecule has 0 fully saturated rings. The van der Waals surface area contributed by atoms with E-state index in [1.54, 1.807) is 0 Å². The summed E-state index contributed by atoms with van der Waals surface area (Å²) in [6, 6.07) is 12.7. The zero-order valence-electron chi connectivity index (χ0n) is 11.0. The van der Waals surface area contributed by atoms with Crippen molar-refractivity contribution in [3.8, 4) is 0 Å². The first-order valence-corrected chi connectivity index (χ1v) is 7.40. The van der Waals surface area contributed by atoms with Crippen molar-refractivity contribution in [2.45, 2.75) is 11.4 Å². The van der Waals surface area contributed by atoms with Crippen molar-refractivity contribution in [2.75, 3.05) is 12.8 Å². The first-order chi connectivity index (χ1) is 9.41. The van der Waals surface area contributed by atoms with Crippen LogP contribution >= 0.6 is 0 Å². The summed E-state index contributed by atoms with van der Waals surface area (Å²) >= 11 is 0. The Labute approximate surface area is 117 Å². The molecule has 0 aliphatic carbocycles. The molecule has 4 nitrogen and oxygen atoms in total. The SMILES string of the molecule is CN(Cc1ccccc1)S(=O)(=O)c1ccc(N)cc1F. The third kappa shape index (κ3) is 2.97. The highest BCUT2D eigenvalue weighted by Crippen LogP contribution is 2.21. The fourth-order valence-electron chi connectivity index (χ4n) is 1.82. The van der Waals surface area contributed by atoms with Gasteiger partial charge >= 0.3 is 0 Å². The zero-order chi connectivity index (χ0) is 14.8. The Hall–Kier alpha value is -1.92. The van der Waals surface area contributed by atoms with Gasteiger partial charge in [0.1, 0.15) is 10.7 Å². The van der Waals surface area contributed by atoms with Gasteiger partial charge in [0.25, 0.3) is 0 Å². The van der Waals surface area contributed by atoms with Crippen LogP contribution in [0.25, 0.3) is 0 Å². The van der Waals surface area contributed by atoms with Crippen LogP contribution in [0.2, 0.25) is 0 Å². The smallest absolute Gasteiger partial charge is 0.246 e. The second kappa shape index (κ2) is 5.60. The number of nitrogen functional groups attached to an aromatic ring is 1. The summed E-state index contributed by atoms with van der Waals surface area (Å²) < 4.78 is 39.5. The van der Waals surface area contributed by atoms with E-state index in [0.717, 1.165) is 15.9 Å². The molecule has 106 valence electrons. The summed E-state index contributed by atoms with van der Waals surface area (Å²) in [6.45, 7) is 0.174. The van der Waals surface area contributed by atoms with E-state index in [1.165, 1.54) is 19.2 Å². The van der Waals surface area contributed by atoms with Gasteiger partial charge < -0.3 is 5.73 Å². The minimum atomic E-state index is -3.88. The van der Waals surface area contributed by atoms with Gasteiger partial charge in [-0.1, -0.05) is 30.3 Å². The molecule has 2 aromatic carbocycles. The van der Waals surface area contributed by atoms with Crippen LogP contribution in [-0.4, -0.2) is 19.8 Å². The third-order valence-electron chi connectivity index (χ3n) is 2.89. The number of benzene rings is 2. The lowest BCUT2D eigenvalue weighted by molar-refractivity contribution is 0.460. The molecular weight excluding hydrogens is 279 g/mol. The number of nitrogens with zero attached hydrogens (tertiary/aromatic N) is 1. The molecule has 0 amide bonds. The predicted octanol–water partition coefficient (Wildman–Crippen LogP) is 2.23. The fraction of sp³-hybridized carbons (Fsp3) is 0.143. The van der Waals surface area contributed by atoms with E-state index >= 15 is 0 Å². The lowest BCUT2D eigenvalue weighted by atomic mass is 10.2. The molecule has 20 heavy (non-hydrogen) atoms. The maximum absolute atomic E-state index is 13.8. The van der Waals surface area contributed by atoms with Crippen molar-refractivity contribution >= 4 is 15.7 Å². The Morgan fingerprint density at radius 3 is 2.40 bits per heavy atom. The molecule has 0 atom stereocenters. The second-order valence-electron chi connectivity index (χ2n) is 4.44. The third-order valence-corrected chi connectivity index (χ3v) is 4.73. The van der Waals surface area contributed by atoms with E-state index in [0.29, 0.717) is 0 Å². The fourth-order valence-corrected chi connectivity index (χ4v) is 3.02. The molecule has 2 rings (SSSR count). The quantitative estimate of drug-likeness (QED) is 0.880. The summed E-state index contributed by atoms with van der Waals surface area (Å²) in [7, 11) is -2.47. The summed E-state index contributed by atoms with van der Waals surface area (Å²) in [6.07, 6.45) is 0. The molecule has 0 saturated carbocycles. The van der Waals surface area contributed by atoms with Crippen LogP contribution in [0.4, 0.5) is 10.1 Å². The molecule has 0 bridgehead atoms. The number of sulfonamides is 1. The van der Waals surface area contributed by atoms with E-state index in [1.807, 2.05) is 30.3 Å². The van der Waals surface area contributed by atoms with Crippen LogP contribution in [0.3, 0.4) is 0 Å². The van der Waals surface area contributed by atoms with Crippen molar-refractivity contribution in [1.82, 2.24) is 4.31 Å². The first kappa shape index (κ1) is 14.5. The van der Waals surface area contributed by atoms with Gasteiger partial charge in [0.05, 0.1) is 0 Å². The summed E-state index contributed by atoms with van der Waals surface area (Å²) in [5.74, 6) is -0.843. The first-order valence-electron chi connectivity index (χ1n) is 5.96. The van der Waals surface area contributed by atoms with Crippen molar-refractivity contribution < 1.29 is 12.8 Å². The number of hydrogen-bond donors (Lipinski definition) is 1. The summed E-state index contributed by atoms with van der Waals surface area (Å²) in [5, 5.41) is 0. The number of anilines is 1. The molecule has 6 heteroatoms. The largest absolute Gasteiger partial charge is 0.399 e. The Kier molecular flexibility index (Phi) is 4.06. The van der Waals surface area contributed by atoms with Gasteiger partial charge in [0, 0.05) is 19.3 Å². The van der Waals surface area contributed by atoms with Crippen molar-refractivity contribution in [3.63, 3.8) is 0 Å². The Morgan fingerprint density at radius 2 is 1.80 bits per heavy atom. The van der Waals surface area contributed by atoms with Crippen LogP contribution in [0.15, 0.2) is 53.4 Å². The van der Waals surface area contributed by atoms with Crippen LogP contribution in [0.1, 0.15) is 5.56 Å². The van der Waals surface area contributed by atoms with Crippen molar-refractivity contribution in [3.05, 3.63) is 59.9 Å². The molecule has 0 aliphatic rings. The van der Waals surface area contributed by atoms with Gasteiger partial charge in [0.2, 0.25) is 10.0 Å². The van der Waals surface area contributed by atoms with Gasteiger partial charge in [-0.25, -0.2) is 12.8 Å². The average Bonchev–Trinajstić information content (AvgIpc) is 2.39. The molecule has 2 aromatic rings. The summed E-state index contributed by atoms with van der Waals surface area (Å²) in [5.41, 5.74) is 6.44. The van der Waals surface area contributed by atoms with Gasteiger partial charge in [-0.05, 0) is 23.8 Å². The molecule has 0 spiro atoms. The highest BCUT2D eigenvalue weighted by molar-refractivity contribution is 7.89. The maximum atomic E-state index is 13.8. The van der Waals surface area contributed by atoms with Crippen molar-refractivity contribution in [2.24, 2.45) is 0 Å². The molecule has 0 saturated heterocycles. The van der Waals surface area contributed by atoms with Crippen LogP contribution < -0.4 is 5.73 Å². The molecule has 0 aliphatic heterocycles. The van der Waals surface area contributed by atoms with Gasteiger partial charge in [0.15, 0.2) is 0 Å². The van der Waals surface area contributed by atoms with E-state index in [2.05, 4.69) is 0 Å². The van der Waals surface area contributed by atoms with Crippen LogP contribution in [0, 0.1) is 5.82 Å². The lowest BCUT2D eigenvalue weighted by Crippen LogP contribution is -2.27. The van der Waals surface area contributed by atoms with E-state index in [4.69, 9.17) is 5.73 Å². The normalized spacial score (nSPS) is 11.8. The molecule has 2 N–H and O–H groups in total. The zero-order valence-corrected chi connectivity index (χ0v) is 11.8. The lowest BCUT2D eigenvalue weighted by Gasteiger charge is -2.17. The highest BCUT2D eigenvalue weighted by atomic mass is 32.2. The van der Waals surface area contributed by atoms with Gasteiger partial charge in [-0.15, -0.1) is 0 Å². The number of halogens is 1. The monoisotopic (exact) mass is 294 g/mol. The summed E-state index contributed by atoms with van der Waals surface area (Å²) in [4.78, 5) is -0.370. The standard InChI is InChI=1S/C14H15FN2O2S/c1-17(10-11-5-3-2-4-6-11)20(18,19)14-8-7-12(16)9-13(14)15/h2-9H,10,16H2,1H3. The van der Waals surface area contributed by atoms with Crippen molar-refractivity contribution in [1.29, 1.82) is 0 Å². The van der Waals surface area contributed by atoms with E-state index in [9.17, 15) is 12.8 Å². The topological polar surface area (TPSA) is 63.4 Å². The molecule has 0 heterocycles. The second-order valence-corrected chi connectivity index (χ2v) is 6.45. The molecule has 0 radical (unpaired) electrons. The Bertz CT molecular complexity index is 702. The maximum Gasteiger partial charge on any atom is 0.246 e. The minimum Gasteiger partial charge on any atom is -0.399 e. The number of rotatable bonds is 4. The van der Waals surface area contributed by atoms with E-state index in [-0.39, 0.29) is 17.1 Å². The van der Waals surface area contributed by atoms with Gasteiger partial charge in [-0.2, -0.15) is 4.31 Å². The number of hydrogen-bond acceptors (Lipinski definition) is 3. The molecular formula is C14H15FN2O2S. The van der Waals surface area contributed by atoms with Crippen LogP contribution in [0.5, 0.6) is 0 Å². The van der Waals surface area contributed by atoms with Gasteiger partial charge in [-0.3, -0.25) is 0 Å².